The molecule has 1 aromatic heterocycles. The molecule has 108 valence electrons. The maximum atomic E-state index is 12.0. The number of carbonyl (C=O) groups excluding carboxylic acids is 1. The van der Waals surface area contributed by atoms with Gasteiger partial charge in [-0.1, -0.05) is 6.92 Å². The van der Waals surface area contributed by atoms with Crippen LogP contribution in [0.1, 0.15) is 34.0 Å². The highest BCUT2D eigenvalue weighted by atomic mass is 32.1. The van der Waals surface area contributed by atoms with E-state index in [0.29, 0.717) is 6.54 Å². The van der Waals surface area contributed by atoms with E-state index in [2.05, 4.69) is 12.2 Å². The van der Waals surface area contributed by atoms with Crippen molar-refractivity contribution in [1.82, 2.24) is 10.2 Å². The molecule has 0 fully saturated rings. The van der Waals surface area contributed by atoms with Crippen molar-refractivity contribution < 1.29 is 9.90 Å². The van der Waals surface area contributed by atoms with Crippen LogP contribution in [0.5, 0.6) is 0 Å². The molecule has 0 radical (unpaired) electrons. The first-order valence-electron chi connectivity index (χ1n) is 6.50. The van der Waals surface area contributed by atoms with Crippen LogP contribution in [0.2, 0.25) is 0 Å². The number of thiophene rings is 1. The fourth-order valence-electron chi connectivity index (χ4n) is 2.08. The highest BCUT2D eigenvalue weighted by molar-refractivity contribution is 7.14. The molecule has 0 saturated carbocycles. The zero-order chi connectivity index (χ0) is 14.6. The van der Waals surface area contributed by atoms with Gasteiger partial charge in [0.2, 0.25) is 0 Å². The minimum Gasteiger partial charge on any atom is -0.387 e. The first-order valence-corrected chi connectivity index (χ1v) is 7.31. The Bertz CT molecular complexity index is 439. The molecule has 1 unspecified atom stereocenters. The van der Waals surface area contributed by atoms with Crippen LogP contribution < -0.4 is 5.32 Å². The predicted molar refractivity (Wildman–Crippen MR) is 79.9 cm³/mol. The van der Waals surface area contributed by atoms with Crippen molar-refractivity contribution in [3.63, 3.8) is 0 Å². The quantitative estimate of drug-likeness (QED) is 0.835. The molecule has 0 aromatic carbocycles. The van der Waals surface area contributed by atoms with Gasteiger partial charge in [-0.2, -0.15) is 0 Å². The molecule has 1 rings (SSSR count). The van der Waals surface area contributed by atoms with Crippen molar-refractivity contribution in [3.8, 4) is 0 Å². The Morgan fingerprint density at radius 1 is 1.53 bits per heavy atom. The van der Waals surface area contributed by atoms with E-state index >= 15 is 0 Å². The Balaban J connectivity index is 2.60. The number of hydrogen-bond donors (Lipinski definition) is 2. The lowest BCUT2D eigenvalue weighted by molar-refractivity contribution is 0.0326. The molecule has 1 heterocycles. The van der Waals surface area contributed by atoms with E-state index in [1.165, 1.54) is 16.2 Å². The number of nitrogens with zero attached hydrogens (tertiary/aromatic N) is 1. The van der Waals surface area contributed by atoms with Gasteiger partial charge in [-0.3, -0.25) is 4.79 Å². The molecule has 2 N–H and O–H groups in total. The minimum atomic E-state index is -0.918. The second-order valence-electron chi connectivity index (χ2n) is 5.49. The summed E-state index contributed by atoms with van der Waals surface area (Å²) < 4.78 is 0. The van der Waals surface area contributed by atoms with Crippen molar-refractivity contribution in [3.05, 3.63) is 21.4 Å². The molecule has 0 bridgehead atoms. The van der Waals surface area contributed by atoms with E-state index in [1.807, 2.05) is 32.0 Å². The van der Waals surface area contributed by atoms with Crippen LogP contribution >= 0.6 is 11.3 Å². The molecule has 0 aliphatic heterocycles. The van der Waals surface area contributed by atoms with Gasteiger partial charge in [0.1, 0.15) is 0 Å². The summed E-state index contributed by atoms with van der Waals surface area (Å²) in [5, 5.41) is 12.9. The van der Waals surface area contributed by atoms with E-state index < -0.39 is 5.60 Å². The lowest BCUT2D eigenvalue weighted by Crippen LogP contribution is -2.47. The Kier molecular flexibility index (Phi) is 5.52. The van der Waals surface area contributed by atoms with E-state index in [4.69, 9.17) is 0 Å². The number of likely N-dealkylation sites (N-methyl/N-ethyl adjacent to an activating group) is 1. The number of carbonyl (C=O) groups is 1. The lowest BCUT2D eigenvalue weighted by Gasteiger charge is -2.26. The average molecular weight is 284 g/mol. The Morgan fingerprint density at radius 2 is 2.16 bits per heavy atom. The Labute approximate surface area is 119 Å². The number of amides is 1. The monoisotopic (exact) mass is 284 g/mol. The summed E-state index contributed by atoms with van der Waals surface area (Å²) in [6, 6.07) is 1.92. The third-order valence-corrected chi connectivity index (χ3v) is 4.23. The summed E-state index contributed by atoms with van der Waals surface area (Å²) >= 11 is 1.53. The van der Waals surface area contributed by atoms with E-state index in [-0.39, 0.29) is 12.5 Å². The van der Waals surface area contributed by atoms with Crippen molar-refractivity contribution in [2.45, 2.75) is 32.8 Å². The molecule has 5 heteroatoms. The second-order valence-corrected chi connectivity index (χ2v) is 6.62. The zero-order valence-electron chi connectivity index (χ0n) is 12.4. The summed E-state index contributed by atoms with van der Waals surface area (Å²) in [7, 11) is 3.79. The van der Waals surface area contributed by atoms with Crippen LogP contribution in [-0.4, -0.2) is 48.7 Å². The van der Waals surface area contributed by atoms with Gasteiger partial charge >= 0.3 is 0 Å². The topological polar surface area (TPSA) is 52.6 Å². The molecular formula is C14H24N2O2S. The number of rotatable bonds is 6. The maximum absolute atomic E-state index is 12.0. The summed E-state index contributed by atoms with van der Waals surface area (Å²) in [5.41, 5.74) is 0.247. The minimum absolute atomic E-state index is 0.105. The molecule has 1 atom stereocenters. The molecule has 0 saturated heterocycles. The molecule has 0 spiro atoms. The Hall–Kier alpha value is -0.910. The third kappa shape index (κ3) is 4.93. The molecule has 1 amide bonds. The van der Waals surface area contributed by atoms with Gasteiger partial charge in [0.25, 0.3) is 5.91 Å². The molecule has 19 heavy (non-hydrogen) atoms. The van der Waals surface area contributed by atoms with Gasteiger partial charge in [-0.25, -0.2) is 0 Å². The first-order chi connectivity index (χ1) is 8.75. The van der Waals surface area contributed by atoms with Crippen LogP contribution in [0.3, 0.4) is 0 Å². The normalized spacial score (nSPS) is 14.5. The largest absolute Gasteiger partial charge is 0.387 e. The fraction of sp³-hybridized carbons (Fsp3) is 0.643. The molecular weight excluding hydrogens is 260 g/mol. The summed E-state index contributed by atoms with van der Waals surface area (Å²) in [6.07, 6.45) is 0.947. The predicted octanol–water partition coefficient (Wildman–Crippen LogP) is 1.66. The van der Waals surface area contributed by atoms with Gasteiger partial charge in [0.05, 0.1) is 10.5 Å². The number of hydrogen-bond acceptors (Lipinski definition) is 4. The summed E-state index contributed by atoms with van der Waals surface area (Å²) in [6.45, 7) is 6.60. The van der Waals surface area contributed by atoms with Crippen molar-refractivity contribution in [2.75, 3.05) is 27.2 Å². The third-order valence-electron chi connectivity index (χ3n) is 2.85. The zero-order valence-corrected chi connectivity index (χ0v) is 13.2. The molecule has 0 aliphatic carbocycles. The van der Waals surface area contributed by atoms with Crippen LogP contribution in [-0.2, 0) is 6.42 Å². The van der Waals surface area contributed by atoms with Crippen molar-refractivity contribution in [1.29, 1.82) is 0 Å². The number of aryl methyl sites for hydroxylation is 2. The summed E-state index contributed by atoms with van der Waals surface area (Å²) in [5.74, 6) is -0.105. The molecule has 4 nitrogen and oxygen atoms in total. The average Bonchev–Trinajstić information content (AvgIpc) is 2.66. The molecule has 0 aliphatic rings. The van der Waals surface area contributed by atoms with Crippen LogP contribution in [0.15, 0.2) is 6.07 Å². The van der Waals surface area contributed by atoms with Crippen LogP contribution in [0.4, 0.5) is 0 Å². The van der Waals surface area contributed by atoms with Crippen molar-refractivity contribution >= 4 is 17.2 Å². The molecule has 1 aromatic rings. The fourth-order valence-corrected chi connectivity index (χ4v) is 3.11. The van der Waals surface area contributed by atoms with E-state index in [0.717, 1.165) is 16.9 Å². The highest BCUT2D eigenvalue weighted by Crippen LogP contribution is 2.22. The SMILES string of the molecule is CCc1sc(C(=O)NCC(C)(O)CN(C)C)cc1C. The van der Waals surface area contributed by atoms with Gasteiger partial charge in [0, 0.05) is 18.0 Å². The van der Waals surface area contributed by atoms with Gasteiger partial charge in [0.15, 0.2) is 0 Å². The van der Waals surface area contributed by atoms with Crippen LogP contribution in [0.25, 0.3) is 0 Å². The van der Waals surface area contributed by atoms with Gasteiger partial charge in [-0.15, -0.1) is 11.3 Å². The second kappa shape index (κ2) is 6.50. The van der Waals surface area contributed by atoms with Crippen LogP contribution in [0, 0.1) is 6.92 Å². The number of aliphatic hydroxyl groups is 1. The Morgan fingerprint density at radius 3 is 2.63 bits per heavy atom. The standard InChI is InChI=1S/C14H24N2O2S/c1-6-11-10(2)7-12(19-11)13(17)15-8-14(3,18)9-16(4)5/h7,18H,6,8-9H2,1-5H3,(H,15,17). The van der Waals surface area contributed by atoms with Crippen molar-refractivity contribution in [2.24, 2.45) is 0 Å². The number of nitrogens with one attached hydrogen (secondary N) is 1. The smallest absolute Gasteiger partial charge is 0.261 e. The lowest BCUT2D eigenvalue weighted by atomic mass is 10.1. The maximum Gasteiger partial charge on any atom is 0.261 e. The highest BCUT2D eigenvalue weighted by Gasteiger charge is 2.23. The van der Waals surface area contributed by atoms with E-state index in [9.17, 15) is 9.90 Å². The first kappa shape index (κ1) is 16.1. The summed E-state index contributed by atoms with van der Waals surface area (Å²) in [4.78, 5) is 15.9. The van der Waals surface area contributed by atoms with Gasteiger partial charge in [-0.05, 0) is 46.0 Å². The van der Waals surface area contributed by atoms with Gasteiger partial charge < -0.3 is 15.3 Å². The van der Waals surface area contributed by atoms with E-state index in [1.54, 1.807) is 6.92 Å².